The van der Waals surface area contributed by atoms with E-state index >= 15 is 0 Å². The second-order valence-electron chi connectivity index (χ2n) is 6.93. The Morgan fingerprint density at radius 2 is 2.04 bits per heavy atom. The largest absolute Gasteiger partial charge is 0.368 e. The van der Waals surface area contributed by atoms with Crippen LogP contribution in [-0.2, 0) is 6.54 Å². The quantitative estimate of drug-likeness (QED) is 0.664. The molecule has 0 amide bonds. The Bertz CT molecular complexity index is 790. The summed E-state index contributed by atoms with van der Waals surface area (Å²) in [6.45, 7) is 7.42. The molecule has 2 N–H and O–H groups in total. The number of hydrogen-bond donors (Lipinski definition) is 1. The molecule has 1 aromatic carbocycles. The number of nitrogens with zero attached hydrogens (tertiary/aromatic N) is 3. The summed E-state index contributed by atoms with van der Waals surface area (Å²) in [5, 5.41) is 0. The Labute approximate surface area is 153 Å². The number of aromatic nitrogens is 2. The van der Waals surface area contributed by atoms with Crippen LogP contribution in [0, 0.1) is 23.1 Å². The molecule has 0 radical (unpaired) electrons. The molecular weight excluding hydrogens is 339 g/mol. The van der Waals surface area contributed by atoms with E-state index in [2.05, 4.69) is 42.6 Å². The van der Waals surface area contributed by atoms with Crippen LogP contribution in [0.2, 0.25) is 0 Å². The minimum Gasteiger partial charge on any atom is -0.368 e. The lowest BCUT2D eigenvalue weighted by molar-refractivity contribution is 0.406. The van der Waals surface area contributed by atoms with Gasteiger partial charge in [0.2, 0.25) is 5.95 Å². The molecule has 1 aromatic heterocycles. The molecule has 0 fully saturated rings. The topological polar surface area (TPSA) is 55.0 Å². The van der Waals surface area contributed by atoms with Crippen LogP contribution in [0.25, 0.3) is 0 Å². The molecule has 1 heterocycles. The summed E-state index contributed by atoms with van der Waals surface area (Å²) in [5.74, 6) is 6.33. The van der Waals surface area contributed by atoms with Crippen LogP contribution in [0.5, 0.6) is 0 Å². The Hall–Kier alpha value is -2.32. The number of anilines is 2. The van der Waals surface area contributed by atoms with Gasteiger partial charge in [0.05, 0.1) is 5.88 Å². The molecule has 2 aromatic rings. The molecule has 6 heteroatoms. The smallest absolute Gasteiger partial charge is 0.221 e. The lowest BCUT2D eigenvalue weighted by Gasteiger charge is -2.31. The average Bonchev–Trinajstić information content (AvgIpc) is 2.53. The fourth-order valence-electron chi connectivity index (χ4n) is 2.42. The third kappa shape index (κ3) is 5.91. The first kappa shape index (κ1) is 19.0. The first-order valence-corrected chi connectivity index (χ1v) is 8.49. The maximum absolute atomic E-state index is 14.5. The van der Waals surface area contributed by atoms with Crippen molar-refractivity contribution < 1.29 is 4.39 Å². The number of hydrogen-bond acceptors (Lipinski definition) is 4. The summed E-state index contributed by atoms with van der Waals surface area (Å²) in [6, 6.07) is 6.74. The third-order valence-corrected chi connectivity index (χ3v) is 3.50. The minimum absolute atomic E-state index is 0.00194. The third-order valence-electron chi connectivity index (χ3n) is 3.36. The molecular formula is C19H22ClFN4. The molecule has 0 aliphatic heterocycles. The molecule has 0 atom stereocenters. The average molecular weight is 361 g/mol. The van der Waals surface area contributed by atoms with Crippen LogP contribution in [0.3, 0.4) is 0 Å². The molecule has 0 unspecified atom stereocenters. The van der Waals surface area contributed by atoms with Gasteiger partial charge in [-0.3, -0.25) is 0 Å². The lowest BCUT2D eigenvalue weighted by Crippen LogP contribution is -2.33. The van der Waals surface area contributed by atoms with Gasteiger partial charge in [-0.05, 0) is 23.6 Å². The van der Waals surface area contributed by atoms with E-state index < -0.39 is 0 Å². The van der Waals surface area contributed by atoms with Crippen molar-refractivity contribution in [2.24, 2.45) is 5.41 Å². The van der Waals surface area contributed by atoms with Gasteiger partial charge in [-0.2, -0.15) is 4.98 Å². The zero-order valence-electron chi connectivity index (χ0n) is 14.7. The highest BCUT2D eigenvalue weighted by molar-refractivity contribution is 6.19. The van der Waals surface area contributed by atoms with Crippen LogP contribution in [-0.4, -0.2) is 22.4 Å². The molecule has 0 saturated heterocycles. The normalized spacial score (nSPS) is 10.9. The van der Waals surface area contributed by atoms with Crippen LogP contribution in [0.4, 0.5) is 16.2 Å². The Kier molecular flexibility index (Phi) is 6.22. The summed E-state index contributed by atoms with van der Waals surface area (Å²) in [7, 11) is 0. The van der Waals surface area contributed by atoms with Crippen molar-refractivity contribution in [3.63, 3.8) is 0 Å². The Balaban J connectivity index is 2.30. The second kappa shape index (κ2) is 8.17. The first-order chi connectivity index (χ1) is 11.8. The Morgan fingerprint density at radius 3 is 2.64 bits per heavy atom. The van der Waals surface area contributed by atoms with Crippen molar-refractivity contribution in [2.75, 3.05) is 23.1 Å². The van der Waals surface area contributed by atoms with Crippen molar-refractivity contribution in [2.45, 2.75) is 27.3 Å². The van der Waals surface area contributed by atoms with E-state index in [1.807, 2.05) is 4.90 Å². The van der Waals surface area contributed by atoms with Crippen molar-refractivity contribution in [1.82, 2.24) is 9.97 Å². The SMILES string of the molecule is CC(C)(C)CN(Cc1ccc(C#CCCl)cc1F)c1ccnc(N)n1. The van der Waals surface area contributed by atoms with Gasteiger partial charge in [-0.25, -0.2) is 9.37 Å². The van der Waals surface area contributed by atoms with Gasteiger partial charge in [0.25, 0.3) is 0 Å². The number of nitrogen functional groups attached to an aromatic ring is 1. The summed E-state index contributed by atoms with van der Waals surface area (Å²) in [6.07, 6.45) is 1.61. The number of halogens is 2. The van der Waals surface area contributed by atoms with Gasteiger partial charge in [0.1, 0.15) is 11.6 Å². The van der Waals surface area contributed by atoms with Crippen molar-refractivity contribution >= 4 is 23.4 Å². The molecule has 4 nitrogen and oxygen atoms in total. The van der Waals surface area contributed by atoms with Gasteiger partial charge >= 0.3 is 0 Å². The summed E-state index contributed by atoms with van der Waals surface area (Å²) >= 11 is 5.54. The van der Waals surface area contributed by atoms with Gasteiger partial charge in [0.15, 0.2) is 0 Å². The van der Waals surface area contributed by atoms with Crippen molar-refractivity contribution in [1.29, 1.82) is 0 Å². The maximum atomic E-state index is 14.5. The van der Waals surface area contributed by atoms with E-state index in [4.69, 9.17) is 17.3 Å². The molecule has 0 aliphatic rings. The molecule has 0 aliphatic carbocycles. The van der Waals surface area contributed by atoms with Crippen LogP contribution < -0.4 is 10.6 Å². The summed E-state index contributed by atoms with van der Waals surface area (Å²) < 4.78 is 14.5. The molecule has 2 rings (SSSR count). The van der Waals surface area contributed by atoms with Crippen LogP contribution in [0.15, 0.2) is 30.5 Å². The highest BCUT2D eigenvalue weighted by atomic mass is 35.5. The fraction of sp³-hybridized carbons (Fsp3) is 0.368. The van der Waals surface area contributed by atoms with Crippen LogP contribution >= 0.6 is 11.6 Å². The van der Waals surface area contributed by atoms with Crippen LogP contribution in [0.1, 0.15) is 31.9 Å². The van der Waals surface area contributed by atoms with Gasteiger partial charge in [-0.1, -0.05) is 38.7 Å². The summed E-state index contributed by atoms with van der Waals surface area (Å²) in [4.78, 5) is 10.2. The van der Waals surface area contributed by atoms with E-state index in [9.17, 15) is 4.39 Å². The molecule has 0 spiro atoms. The lowest BCUT2D eigenvalue weighted by atomic mass is 9.95. The zero-order chi connectivity index (χ0) is 18.4. The van der Waals surface area contributed by atoms with E-state index in [0.717, 1.165) is 0 Å². The van der Waals surface area contributed by atoms with Gasteiger partial charge < -0.3 is 10.6 Å². The van der Waals surface area contributed by atoms with E-state index in [-0.39, 0.29) is 23.1 Å². The second-order valence-corrected chi connectivity index (χ2v) is 7.20. The van der Waals surface area contributed by atoms with E-state index in [1.54, 1.807) is 24.4 Å². The number of benzene rings is 1. The van der Waals surface area contributed by atoms with E-state index in [0.29, 0.717) is 30.0 Å². The molecule has 0 bridgehead atoms. The maximum Gasteiger partial charge on any atom is 0.221 e. The predicted molar refractivity (Wildman–Crippen MR) is 101 cm³/mol. The standard InChI is InChI=1S/C19H22ClFN4/c1-19(2,3)13-25(17-8-10-23-18(22)24-17)12-15-7-6-14(5-4-9-20)11-16(15)21/h6-8,10-11H,9,12-13H2,1-3H3,(H2,22,23,24). The zero-order valence-corrected chi connectivity index (χ0v) is 15.4. The highest BCUT2D eigenvalue weighted by Gasteiger charge is 2.19. The molecule has 25 heavy (non-hydrogen) atoms. The van der Waals surface area contributed by atoms with E-state index in [1.165, 1.54) is 6.07 Å². The monoisotopic (exact) mass is 360 g/mol. The molecule has 0 saturated carbocycles. The van der Waals surface area contributed by atoms with Gasteiger partial charge in [-0.15, -0.1) is 11.6 Å². The first-order valence-electron chi connectivity index (χ1n) is 7.95. The number of alkyl halides is 1. The minimum atomic E-state index is -0.303. The Morgan fingerprint density at radius 1 is 1.28 bits per heavy atom. The fourth-order valence-corrected chi connectivity index (χ4v) is 2.49. The number of nitrogens with two attached hydrogens (primary N) is 1. The number of rotatable bonds is 4. The summed E-state index contributed by atoms with van der Waals surface area (Å²) in [5.41, 5.74) is 6.88. The van der Waals surface area contributed by atoms with Crippen molar-refractivity contribution in [3.05, 3.63) is 47.4 Å². The van der Waals surface area contributed by atoms with Crippen molar-refractivity contribution in [3.8, 4) is 11.8 Å². The highest BCUT2D eigenvalue weighted by Crippen LogP contribution is 2.23. The predicted octanol–water partition coefficient (Wildman–Crippen LogP) is 3.84. The van der Waals surface area contributed by atoms with Gasteiger partial charge in [0, 0.05) is 30.4 Å². The molecule has 132 valence electrons.